The number of hydrogen-bond acceptors (Lipinski definition) is 2. The Morgan fingerprint density at radius 1 is 1.10 bits per heavy atom. The molecule has 1 heterocycles. The van der Waals surface area contributed by atoms with E-state index < -0.39 is 17.6 Å². The largest absolute Gasteiger partial charge is 0.416 e. The van der Waals surface area contributed by atoms with E-state index in [0.29, 0.717) is 13.8 Å². The normalized spacial score (nSPS) is 11.5. The molecule has 0 spiro atoms. The Morgan fingerprint density at radius 2 is 1.76 bits per heavy atom. The minimum absolute atomic E-state index is 0.0652. The number of carbonyl (C=O) groups excluding carboxylic acids is 1. The Kier molecular flexibility index (Phi) is 5.17. The van der Waals surface area contributed by atoms with Crippen molar-refractivity contribution < 1.29 is 18.0 Å². The van der Waals surface area contributed by atoms with E-state index in [4.69, 9.17) is 0 Å². The lowest BCUT2D eigenvalue weighted by molar-refractivity contribution is -0.137. The lowest BCUT2D eigenvalue weighted by Crippen LogP contribution is -2.12. The first-order valence-electron chi connectivity index (χ1n) is 5.31. The average molecular weight is 508 g/mol. The van der Waals surface area contributed by atoms with Gasteiger partial charge in [0.25, 0.3) is 5.91 Å². The molecule has 2 nitrogen and oxygen atoms in total. The van der Waals surface area contributed by atoms with Gasteiger partial charge in [-0.05, 0) is 72.1 Å². The summed E-state index contributed by atoms with van der Waals surface area (Å²) in [7, 11) is 0. The monoisotopic (exact) mass is 505 g/mol. The van der Waals surface area contributed by atoms with E-state index in [2.05, 4.69) is 53.1 Å². The van der Waals surface area contributed by atoms with Gasteiger partial charge in [-0.1, -0.05) is 0 Å². The molecule has 2 aromatic rings. The first-order valence-corrected chi connectivity index (χ1v) is 8.51. The number of thiophene rings is 1. The second kappa shape index (κ2) is 6.39. The molecular formula is C12H5Br3F3NOS. The number of anilines is 1. The summed E-state index contributed by atoms with van der Waals surface area (Å²) in [5.41, 5.74) is -0.759. The maximum atomic E-state index is 12.7. The molecule has 0 bridgehead atoms. The van der Waals surface area contributed by atoms with E-state index in [1.165, 1.54) is 17.4 Å². The summed E-state index contributed by atoms with van der Waals surface area (Å²) in [6, 6.07) is 4.67. The average Bonchev–Trinajstić information content (AvgIpc) is 2.71. The van der Waals surface area contributed by atoms with Crippen molar-refractivity contribution in [1.82, 2.24) is 0 Å². The Hall–Kier alpha value is -0.380. The van der Waals surface area contributed by atoms with Crippen LogP contribution in [0.15, 0.2) is 37.0 Å². The second-order valence-electron chi connectivity index (χ2n) is 3.88. The molecule has 1 aromatic carbocycles. The molecule has 0 radical (unpaired) electrons. The number of nitrogens with one attached hydrogen (secondary N) is 1. The van der Waals surface area contributed by atoms with E-state index in [9.17, 15) is 18.0 Å². The molecule has 1 aromatic heterocycles. The topological polar surface area (TPSA) is 29.1 Å². The van der Waals surface area contributed by atoms with Crippen LogP contribution >= 0.6 is 59.1 Å². The van der Waals surface area contributed by atoms with Crippen LogP contribution in [0.5, 0.6) is 0 Å². The van der Waals surface area contributed by atoms with Crippen LogP contribution < -0.4 is 5.32 Å². The van der Waals surface area contributed by atoms with Crippen LogP contribution in [0.2, 0.25) is 0 Å². The molecule has 0 aliphatic heterocycles. The molecule has 112 valence electrons. The Morgan fingerprint density at radius 3 is 2.29 bits per heavy atom. The first kappa shape index (κ1) is 17.0. The predicted octanol–water partition coefficient (Wildman–Crippen LogP) is 6.31. The Bertz CT molecular complexity index is 680. The van der Waals surface area contributed by atoms with Crippen LogP contribution in [-0.4, -0.2) is 5.91 Å². The third-order valence-electron chi connectivity index (χ3n) is 2.41. The lowest BCUT2D eigenvalue weighted by atomic mass is 10.2. The van der Waals surface area contributed by atoms with Gasteiger partial charge < -0.3 is 5.32 Å². The number of carbonyl (C=O) groups is 1. The maximum absolute atomic E-state index is 12.7. The lowest BCUT2D eigenvalue weighted by Gasteiger charge is -2.11. The van der Waals surface area contributed by atoms with Crippen LogP contribution in [0.1, 0.15) is 15.2 Å². The molecule has 0 fully saturated rings. The van der Waals surface area contributed by atoms with Gasteiger partial charge in [0, 0.05) is 8.95 Å². The predicted molar refractivity (Wildman–Crippen MR) is 86.8 cm³/mol. The SMILES string of the molecule is O=C(Nc1cc(C(F)(F)F)ccc1Br)c1cc(Br)c(Br)s1. The standard InChI is InChI=1S/C12H5Br3F3NOS/c13-6-2-1-5(12(16,17)18)3-8(6)19-11(20)9-4-7(14)10(15)21-9/h1-4H,(H,19,20). The second-order valence-corrected chi connectivity index (χ2v) is 7.96. The fourth-order valence-electron chi connectivity index (χ4n) is 1.44. The van der Waals surface area contributed by atoms with Crippen LogP contribution in [-0.2, 0) is 6.18 Å². The number of alkyl halides is 3. The minimum Gasteiger partial charge on any atom is -0.320 e. The highest BCUT2D eigenvalue weighted by atomic mass is 79.9. The van der Waals surface area contributed by atoms with E-state index in [1.54, 1.807) is 6.07 Å². The van der Waals surface area contributed by atoms with Crippen LogP contribution in [0.4, 0.5) is 18.9 Å². The smallest absolute Gasteiger partial charge is 0.320 e. The van der Waals surface area contributed by atoms with Gasteiger partial charge >= 0.3 is 6.18 Å². The fourth-order valence-corrected chi connectivity index (χ4v) is 3.72. The number of rotatable bonds is 2. The number of benzene rings is 1. The van der Waals surface area contributed by atoms with Crippen LogP contribution in [0.25, 0.3) is 0 Å². The molecule has 0 saturated heterocycles. The highest BCUT2D eigenvalue weighted by molar-refractivity contribution is 9.13. The van der Waals surface area contributed by atoms with Crippen LogP contribution in [0.3, 0.4) is 0 Å². The van der Waals surface area contributed by atoms with Gasteiger partial charge in [0.1, 0.15) is 0 Å². The molecular weight excluding hydrogens is 503 g/mol. The fraction of sp³-hybridized carbons (Fsp3) is 0.0833. The zero-order chi connectivity index (χ0) is 15.8. The van der Waals surface area contributed by atoms with Gasteiger partial charge in [-0.15, -0.1) is 11.3 Å². The zero-order valence-electron chi connectivity index (χ0n) is 9.89. The summed E-state index contributed by atoms with van der Waals surface area (Å²) in [6.45, 7) is 0. The van der Waals surface area contributed by atoms with Gasteiger partial charge in [-0.3, -0.25) is 4.79 Å². The number of hydrogen-bond donors (Lipinski definition) is 1. The summed E-state index contributed by atoms with van der Waals surface area (Å²) >= 11 is 10.8. The summed E-state index contributed by atoms with van der Waals surface area (Å²) in [5, 5.41) is 2.46. The van der Waals surface area contributed by atoms with E-state index >= 15 is 0 Å². The third kappa shape index (κ3) is 4.08. The summed E-state index contributed by atoms with van der Waals surface area (Å²) in [5.74, 6) is -0.480. The molecule has 0 atom stereocenters. The maximum Gasteiger partial charge on any atom is 0.416 e. The summed E-state index contributed by atoms with van der Waals surface area (Å²) in [6.07, 6.45) is -4.46. The molecule has 0 saturated carbocycles. The quantitative estimate of drug-likeness (QED) is 0.507. The van der Waals surface area contributed by atoms with Crippen molar-refractivity contribution in [2.24, 2.45) is 0 Å². The van der Waals surface area contributed by atoms with E-state index in [-0.39, 0.29) is 5.69 Å². The highest BCUT2D eigenvalue weighted by Gasteiger charge is 2.31. The van der Waals surface area contributed by atoms with Crippen molar-refractivity contribution in [3.8, 4) is 0 Å². The van der Waals surface area contributed by atoms with Crippen LogP contribution in [0, 0.1) is 0 Å². The van der Waals surface area contributed by atoms with Gasteiger partial charge in [0.05, 0.1) is 19.9 Å². The van der Waals surface area contributed by atoms with Gasteiger partial charge in [0.2, 0.25) is 0 Å². The number of halogens is 6. The summed E-state index contributed by atoms with van der Waals surface area (Å²) < 4.78 is 39.8. The van der Waals surface area contributed by atoms with Crippen molar-refractivity contribution >= 4 is 70.7 Å². The molecule has 0 unspecified atom stereocenters. The van der Waals surface area contributed by atoms with Gasteiger partial charge in [-0.2, -0.15) is 13.2 Å². The van der Waals surface area contributed by atoms with E-state index in [1.807, 2.05) is 0 Å². The molecule has 0 aliphatic carbocycles. The Balaban J connectivity index is 2.28. The van der Waals surface area contributed by atoms with Crippen molar-refractivity contribution in [2.75, 3.05) is 5.32 Å². The van der Waals surface area contributed by atoms with Gasteiger partial charge in [-0.25, -0.2) is 0 Å². The molecule has 21 heavy (non-hydrogen) atoms. The molecule has 0 aliphatic rings. The van der Waals surface area contributed by atoms with Crippen molar-refractivity contribution in [3.05, 3.63) is 47.4 Å². The van der Waals surface area contributed by atoms with E-state index in [0.717, 1.165) is 15.9 Å². The highest BCUT2D eigenvalue weighted by Crippen LogP contribution is 2.35. The molecule has 1 N–H and O–H groups in total. The molecule has 9 heteroatoms. The van der Waals surface area contributed by atoms with Crippen molar-refractivity contribution in [1.29, 1.82) is 0 Å². The van der Waals surface area contributed by atoms with Crippen molar-refractivity contribution in [2.45, 2.75) is 6.18 Å². The Labute approximate surface area is 147 Å². The molecule has 1 amide bonds. The van der Waals surface area contributed by atoms with Crippen molar-refractivity contribution in [3.63, 3.8) is 0 Å². The van der Waals surface area contributed by atoms with Gasteiger partial charge in [0.15, 0.2) is 0 Å². The summed E-state index contributed by atoms with van der Waals surface area (Å²) in [4.78, 5) is 12.4. The third-order valence-corrected chi connectivity index (χ3v) is 6.36. The zero-order valence-corrected chi connectivity index (χ0v) is 15.5. The minimum atomic E-state index is -4.46. The number of amides is 1. The molecule has 2 rings (SSSR count). The first-order chi connectivity index (χ1) is 9.68.